The molecule has 18 heavy (non-hydrogen) atoms. The SMILES string of the molecule is CC(C)NCCn1nnnc1SCCS(C)(=O)=O. The maximum Gasteiger partial charge on any atom is 0.209 e. The minimum Gasteiger partial charge on any atom is -0.313 e. The Bertz CT molecular complexity index is 457. The summed E-state index contributed by atoms with van der Waals surface area (Å²) in [6.07, 6.45) is 1.23. The predicted molar refractivity (Wildman–Crippen MR) is 71.4 cm³/mol. The van der Waals surface area contributed by atoms with Crippen LogP contribution in [-0.2, 0) is 16.4 Å². The first kappa shape index (κ1) is 15.4. The van der Waals surface area contributed by atoms with Gasteiger partial charge in [-0.15, -0.1) is 5.10 Å². The van der Waals surface area contributed by atoms with Gasteiger partial charge in [-0.3, -0.25) is 0 Å². The van der Waals surface area contributed by atoms with Gasteiger partial charge < -0.3 is 5.32 Å². The van der Waals surface area contributed by atoms with Gasteiger partial charge in [-0.2, -0.15) is 0 Å². The van der Waals surface area contributed by atoms with Crippen molar-refractivity contribution >= 4 is 21.6 Å². The first-order valence-corrected chi connectivity index (χ1v) is 8.73. The zero-order chi connectivity index (χ0) is 13.6. The molecule has 0 aliphatic heterocycles. The fourth-order valence-corrected chi connectivity index (χ4v) is 3.28. The molecule has 0 aliphatic rings. The van der Waals surface area contributed by atoms with Gasteiger partial charge in [0.05, 0.1) is 12.3 Å². The lowest BCUT2D eigenvalue weighted by Crippen LogP contribution is -2.27. The normalized spacial score (nSPS) is 12.2. The summed E-state index contributed by atoms with van der Waals surface area (Å²) >= 11 is 1.36. The van der Waals surface area contributed by atoms with E-state index < -0.39 is 9.84 Å². The van der Waals surface area contributed by atoms with Gasteiger partial charge in [0.15, 0.2) is 0 Å². The van der Waals surface area contributed by atoms with Crippen LogP contribution >= 0.6 is 11.8 Å². The van der Waals surface area contributed by atoms with Crippen molar-refractivity contribution < 1.29 is 8.42 Å². The summed E-state index contributed by atoms with van der Waals surface area (Å²) < 4.78 is 23.7. The van der Waals surface area contributed by atoms with Crippen molar-refractivity contribution in [1.29, 1.82) is 0 Å². The molecule has 0 amide bonds. The van der Waals surface area contributed by atoms with E-state index in [9.17, 15) is 8.42 Å². The molecule has 0 spiro atoms. The lowest BCUT2D eigenvalue weighted by molar-refractivity contribution is 0.485. The lowest BCUT2D eigenvalue weighted by atomic mass is 10.4. The average Bonchev–Trinajstić information content (AvgIpc) is 2.63. The van der Waals surface area contributed by atoms with Crippen LogP contribution in [0.2, 0.25) is 0 Å². The molecule has 0 saturated carbocycles. The zero-order valence-corrected chi connectivity index (χ0v) is 12.5. The van der Waals surface area contributed by atoms with Crippen molar-refractivity contribution in [2.24, 2.45) is 0 Å². The molecule has 0 atom stereocenters. The van der Waals surface area contributed by atoms with E-state index in [1.165, 1.54) is 18.0 Å². The number of aromatic nitrogens is 4. The molecule has 0 saturated heterocycles. The van der Waals surface area contributed by atoms with Crippen LogP contribution in [0.3, 0.4) is 0 Å². The third-order valence-electron chi connectivity index (χ3n) is 2.06. The summed E-state index contributed by atoms with van der Waals surface area (Å²) in [4.78, 5) is 0. The van der Waals surface area contributed by atoms with E-state index in [1.807, 2.05) is 0 Å². The van der Waals surface area contributed by atoms with Gasteiger partial charge in [0, 0.05) is 24.6 Å². The molecule has 0 aliphatic carbocycles. The second-order valence-electron chi connectivity index (χ2n) is 4.27. The Hall–Kier alpha value is -0.670. The summed E-state index contributed by atoms with van der Waals surface area (Å²) in [7, 11) is -2.93. The molecule has 1 aromatic heterocycles. The molecule has 0 bridgehead atoms. The minimum absolute atomic E-state index is 0.134. The summed E-state index contributed by atoms with van der Waals surface area (Å²) in [6, 6.07) is 0.419. The molecule has 1 heterocycles. The van der Waals surface area contributed by atoms with Crippen molar-refractivity contribution in [2.45, 2.75) is 31.6 Å². The number of nitrogens with zero attached hydrogens (tertiary/aromatic N) is 4. The molecule has 1 aromatic rings. The van der Waals surface area contributed by atoms with Gasteiger partial charge in [0.25, 0.3) is 0 Å². The third kappa shape index (κ3) is 6.31. The highest BCUT2D eigenvalue weighted by atomic mass is 32.2. The van der Waals surface area contributed by atoms with Crippen LogP contribution < -0.4 is 5.32 Å². The van der Waals surface area contributed by atoms with Crippen molar-refractivity contribution in [2.75, 3.05) is 24.3 Å². The zero-order valence-electron chi connectivity index (χ0n) is 10.8. The van der Waals surface area contributed by atoms with E-state index in [2.05, 4.69) is 34.7 Å². The second kappa shape index (κ2) is 7.05. The highest BCUT2D eigenvalue weighted by Crippen LogP contribution is 2.13. The maximum atomic E-state index is 11.0. The fraction of sp³-hybridized carbons (Fsp3) is 0.889. The number of thioether (sulfide) groups is 1. The number of hydrogen-bond donors (Lipinski definition) is 1. The van der Waals surface area contributed by atoms with Crippen LogP contribution in [0.1, 0.15) is 13.8 Å². The number of hydrogen-bond acceptors (Lipinski definition) is 7. The van der Waals surface area contributed by atoms with Crippen LogP contribution in [0, 0.1) is 0 Å². The number of nitrogens with one attached hydrogen (secondary N) is 1. The quantitative estimate of drug-likeness (QED) is 0.664. The maximum absolute atomic E-state index is 11.0. The standard InChI is InChI=1S/C9H19N5O2S2/c1-8(2)10-4-5-14-9(11-12-13-14)17-6-7-18(3,15)16/h8,10H,4-7H2,1-3H3. The molecule has 7 nitrogen and oxygen atoms in total. The molecule has 1 rings (SSSR count). The Morgan fingerprint density at radius 2 is 2.17 bits per heavy atom. The molecular weight excluding hydrogens is 274 g/mol. The van der Waals surface area contributed by atoms with Gasteiger partial charge in [0.1, 0.15) is 9.84 Å². The van der Waals surface area contributed by atoms with Crippen molar-refractivity contribution in [3.8, 4) is 0 Å². The molecular formula is C9H19N5O2S2. The van der Waals surface area contributed by atoms with Crippen LogP contribution in [-0.4, -0.2) is 59.0 Å². The van der Waals surface area contributed by atoms with Gasteiger partial charge in [0.2, 0.25) is 5.16 Å². The average molecular weight is 293 g/mol. The smallest absolute Gasteiger partial charge is 0.209 e. The van der Waals surface area contributed by atoms with Crippen molar-refractivity contribution in [1.82, 2.24) is 25.5 Å². The summed E-state index contributed by atoms with van der Waals surface area (Å²) in [5, 5.41) is 15.3. The van der Waals surface area contributed by atoms with Crippen LogP contribution in [0.25, 0.3) is 0 Å². The van der Waals surface area contributed by atoms with Crippen LogP contribution in [0.5, 0.6) is 0 Å². The van der Waals surface area contributed by atoms with E-state index in [1.54, 1.807) is 4.68 Å². The Morgan fingerprint density at radius 1 is 1.44 bits per heavy atom. The Morgan fingerprint density at radius 3 is 2.78 bits per heavy atom. The van der Waals surface area contributed by atoms with E-state index in [-0.39, 0.29) is 5.75 Å². The number of rotatable bonds is 8. The van der Waals surface area contributed by atoms with Crippen molar-refractivity contribution in [3.63, 3.8) is 0 Å². The van der Waals surface area contributed by atoms with Crippen LogP contribution in [0.4, 0.5) is 0 Å². The Balaban J connectivity index is 2.40. The van der Waals surface area contributed by atoms with Crippen molar-refractivity contribution in [3.05, 3.63) is 0 Å². The molecule has 0 fully saturated rings. The molecule has 0 unspecified atom stereocenters. The first-order valence-electron chi connectivity index (χ1n) is 5.68. The van der Waals surface area contributed by atoms with E-state index in [4.69, 9.17) is 0 Å². The summed E-state index contributed by atoms with van der Waals surface area (Å²) in [5.74, 6) is 0.603. The van der Waals surface area contributed by atoms with Gasteiger partial charge in [-0.1, -0.05) is 25.6 Å². The number of tetrazole rings is 1. The molecule has 1 N–H and O–H groups in total. The topological polar surface area (TPSA) is 89.8 Å². The third-order valence-corrected chi connectivity index (χ3v) is 4.22. The summed E-state index contributed by atoms with van der Waals surface area (Å²) in [5.41, 5.74) is 0. The molecule has 0 aromatic carbocycles. The molecule has 104 valence electrons. The fourth-order valence-electron chi connectivity index (χ4n) is 1.18. The highest BCUT2D eigenvalue weighted by Gasteiger charge is 2.09. The molecule has 0 radical (unpaired) electrons. The Kier molecular flexibility index (Phi) is 6.03. The van der Waals surface area contributed by atoms with E-state index in [0.717, 1.165) is 6.54 Å². The van der Waals surface area contributed by atoms with Gasteiger partial charge in [-0.25, -0.2) is 13.1 Å². The van der Waals surface area contributed by atoms with Gasteiger partial charge in [-0.05, 0) is 10.4 Å². The second-order valence-corrected chi connectivity index (χ2v) is 7.59. The lowest BCUT2D eigenvalue weighted by Gasteiger charge is -2.08. The van der Waals surface area contributed by atoms with E-state index in [0.29, 0.717) is 23.5 Å². The Labute approximate surface area is 112 Å². The summed E-state index contributed by atoms with van der Waals surface area (Å²) in [6.45, 7) is 5.59. The highest BCUT2D eigenvalue weighted by molar-refractivity contribution is 8.00. The monoisotopic (exact) mass is 293 g/mol. The minimum atomic E-state index is -2.93. The number of sulfone groups is 1. The predicted octanol–water partition coefficient (Wildman–Crippen LogP) is -0.192. The first-order chi connectivity index (χ1) is 8.38. The largest absolute Gasteiger partial charge is 0.313 e. The molecule has 9 heteroatoms. The van der Waals surface area contributed by atoms with Crippen LogP contribution in [0.15, 0.2) is 5.16 Å². The van der Waals surface area contributed by atoms with E-state index >= 15 is 0 Å². The van der Waals surface area contributed by atoms with Gasteiger partial charge >= 0.3 is 0 Å².